The van der Waals surface area contributed by atoms with Crippen LogP contribution >= 0.6 is 0 Å². The summed E-state index contributed by atoms with van der Waals surface area (Å²) in [6, 6.07) is 13.2. The number of fused-ring (bicyclic) bond motifs is 1. The molecule has 3 aromatic rings. The number of aromatic nitrogens is 1. The van der Waals surface area contributed by atoms with Crippen LogP contribution in [0.2, 0.25) is 0 Å². The lowest BCUT2D eigenvalue weighted by Crippen LogP contribution is -2.24. The average molecular weight is 421 g/mol. The second-order valence-electron chi connectivity index (χ2n) is 7.35. The number of rotatable bonds is 8. The molecule has 0 aliphatic carbocycles. The van der Waals surface area contributed by atoms with Gasteiger partial charge in [-0.2, -0.15) is 0 Å². The third-order valence-corrected chi connectivity index (χ3v) is 5.29. The lowest BCUT2D eigenvalue weighted by molar-refractivity contribution is -0.147. The lowest BCUT2D eigenvalue weighted by Gasteiger charge is -2.14. The number of nitrogens with zero attached hydrogens (tertiary/aromatic N) is 1. The minimum absolute atomic E-state index is 0.183. The molecule has 0 bridgehead atoms. The average Bonchev–Trinajstić information content (AvgIpc) is 3.01. The van der Waals surface area contributed by atoms with Crippen molar-refractivity contribution in [1.82, 2.24) is 4.57 Å². The molecule has 0 aliphatic rings. The number of carbonyl (C=O) groups excluding carboxylic acids is 2. The maximum atomic E-state index is 12.2. The molecule has 0 saturated carbocycles. The molecule has 0 fully saturated rings. The SMILES string of the molecule is C=CCOC(=O)c1ccc2c(c1)c(C)c(C)n2Cc1cccc(OC(C)C(=O)OC)c1. The topological polar surface area (TPSA) is 66.8 Å². The summed E-state index contributed by atoms with van der Waals surface area (Å²) in [7, 11) is 1.34. The van der Waals surface area contributed by atoms with Crippen LogP contribution in [0, 0.1) is 13.8 Å². The van der Waals surface area contributed by atoms with Crippen molar-refractivity contribution in [2.45, 2.75) is 33.4 Å². The largest absolute Gasteiger partial charge is 0.479 e. The number of aryl methyl sites for hydroxylation is 1. The first kappa shape index (κ1) is 22.2. The lowest BCUT2D eigenvalue weighted by atomic mass is 10.1. The summed E-state index contributed by atoms with van der Waals surface area (Å²) < 4.78 is 17.8. The van der Waals surface area contributed by atoms with Crippen molar-refractivity contribution >= 4 is 22.8 Å². The van der Waals surface area contributed by atoms with Gasteiger partial charge in [0.25, 0.3) is 0 Å². The van der Waals surface area contributed by atoms with E-state index in [0.29, 0.717) is 17.9 Å². The molecular formula is C25H27NO5. The maximum Gasteiger partial charge on any atom is 0.346 e. The van der Waals surface area contributed by atoms with Crippen molar-refractivity contribution < 1.29 is 23.8 Å². The van der Waals surface area contributed by atoms with E-state index in [0.717, 1.165) is 27.7 Å². The van der Waals surface area contributed by atoms with E-state index in [4.69, 9.17) is 14.2 Å². The van der Waals surface area contributed by atoms with E-state index in [-0.39, 0.29) is 12.6 Å². The second-order valence-corrected chi connectivity index (χ2v) is 7.35. The summed E-state index contributed by atoms with van der Waals surface area (Å²) in [5.41, 5.74) is 4.80. The van der Waals surface area contributed by atoms with Crippen LogP contribution in [0.3, 0.4) is 0 Å². The van der Waals surface area contributed by atoms with Crippen LogP contribution in [0.4, 0.5) is 0 Å². The molecule has 6 nitrogen and oxygen atoms in total. The number of esters is 2. The van der Waals surface area contributed by atoms with Gasteiger partial charge in [-0.1, -0.05) is 24.8 Å². The highest BCUT2D eigenvalue weighted by Crippen LogP contribution is 2.28. The first-order valence-electron chi connectivity index (χ1n) is 10.1. The maximum absolute atomic E-state index is 12.2. The summed E-state index contributed by atoms with van der Waals surface area (Å²) in [6.45, 7) is 10.1. The van der Waals surface area contributed by atoms with E-state index in [1.165, 1.54) is 7.11 Å². The zero-order valence-corrected chi connectivity index (χ0v) is 18.3. The number of ether oxygens (including phenoxy) is 3. The van der Waals surface area contributed by atoms with E-state index >= 15 is 0 Å². The Morgan fingerprint density at radius 3 is 2.65 bits per heavy atom. The van der Waals surface area contributed by atoms with Crippen molar-refractivity contribution in [2.24, 2.45) is 0 Å². The van der Waals surface area contributed by atoms with Gasteiger partial charge in [-0.3, -0.25) is 0 Å². The van der Waals surface area contributed by atoms with Gasteiger partial charge in [0, 0.05) is 23.1 Å². The van der Waals surface area contributed by atoms with E-state index < -0.39 is 12.1 Å². The van der Waals surface area contributed by atoms with Gasteiger partial charge in [-0.25, -0.2) is 9.59 Å². The highest BCUT2D eigenvalue weighted by molar-refractivity contribution is 5.96. The van der Waals surface area contributed by atoms with E-state index in [2.05, 4.69) is 18.1 Å². The van der Waals surface area contributed by atoms with Crippen molar-refractivity contribution in [3.8, 4) is 5.75 Å². The quantitative estimate of drug-likeness (QED) is 0.393. The summed E-state index contributed by atoms with van der Waals surface area (Å²) in [6.07, 6.45) is 0.863. The fourth-order valence-corrected chi connectivity index (χ4v) is 3.52. The fourth-order valence-electron chi connectivity index (χ4n) is 3.52. The summed E-state index contributed by atoms with van der Waals surface area (Å²) in [4.78, 5) is 23.8. The van der Waals surface area contributed by atoms with Gasteiger partial charge < -0.3 is 18.8 Å². The Morgan fingerprint density at radius 1 is 1.16 bits per heavy atom. The normalized spacial score (nSPS) is 11.7. The molecular weight excluding hydrogens is 394 g/mol. The Kier molecular flexibility index (Phi) is 6.80. The van der Waals surface area contributed by atoms with Crippen LogP contribution in [-0.2, 0) is 20.8 Å². The molecule has 1 aromatic heterocycles. The highest BCUT2D eigenvalue weighted by Gasteiger charge is 2.17. The van der Waals surface area contributed by atoms with Gasteiger partial charge in [0.2, 0.25) is 0 Å². The van der Waals surface area contributed by atoms with E-state index in [1.807, 2.05) is 43.3 Å². The van der Waals surface area contributed by atoms with Crippen LogP contribution in [0.25, 0.3) is 10.9 Å². The van der Waals surface area contributed by atoms with Crippen LogP contribution in [0.1, 0.15) is 34.1 Å². The van der Waals surface area contributed by atoms with Crippen molar-refractivity contribution in [3.63, 3.8) is 0 Å². The van der Waals surface area contributed by atoms with Crippen LogP contribution in [0.15, 0.2) is 55.1 Å². The van der Waals surface area contributed by atoms with Gasteiger partial charge in [0.1, 0.15) is 12.4 Å². The van der Waals surface area contributed by atoms with Crippen molar-refractivity contribution in [3.05, 3.63) is 77.5 Å². The molecule has 3 rings (SSSR count). The molecule has 1 heterocycles. The van der Waals surface area contributed by atoms with Crippen LogP contribution in [-0.4, -0.2) is 36.3 Å². The number of hydrogen-bond acceptors (Lipinski definition) is 5. The van der Waals surface area contributed by atoms with Gasteiger partial charge in [-0.15, -0.1) is 0 Å². The molecule has 0 saturated heterocycles. The predicted octanol–water partition coefficient (Wildman–Crippen LogP) is 4.59. The highest BCUT2D eigenvalue weighted by atomic mass is 16.6. The minimum Gasteiger partial charge on any atom is -0.479 e. The van der Waals surface area contributed by atoms with Gasteiger partial charge in [0.15, 0.2) is 6.10 Å². The van der Waals surface area contributed by atoms with Gasteiger partial charge >= 0.3 is 11.9 Å². The number of methoxy groups -OCH3 is 1. The summed E-state index contributed by atoms with van der Waals surface area (Å²) >= 11 is 0. The second kappa shape index (κ2) is 9.51. The molecule has 0 aliphatic heterocycles. The Balaban J connectivity index is 1.89. The third-order valence-electron chi connectivity index (χ3n) is 5.29. The fraction of sp³-hybridized carbons (Fsp3) is 0.280. The Labute approximate surface area is 182 Å². The predicted molar refractivity (Wildman–Crippen MR) is 120 cm³/mol. The first-order chi connectivity index (χ1) is 14.8. The molecule has 0 N–H and O–H groups in total. The van der Waals surface area contributed by atoms with Gasteiger partial charge in [-0.05, 0) is 62.2 Å². The number of benzene rings is 2. The smallest absolute Gasteiger partial charge is 0.346 e. The summed E-state index contributed by atoms with van der Waals surface area (Å²) in [5, 5.41) is 1.01. The first-order valence-corrected chi connectivity index (χ1v) is 10.1. The number of hydrogen-bond donors (Lipinski definition) is 0. The molecule has 0 amide bonds. The standard InChI is InChI=1S/C25H27NO5/c1-6-12-30-25(28)20-10-11-23-22(14-20)16(2)17(3)26(23)15-19-8-7-9-21(13-19)31-18(4)24(27)29-5/h6-11,13-14,18H,1,12,15H2,2-5H3. The zero-order valence-electron chi connectivity index (χ0n) is 18.3. The third kappa shape index (κ3) is 4.79. The molecule has 0 spiro atoms. The Bertz CT molecular complexity index is 1130. The number of carbonyl (C=O) groups is 2. The zero-order chi connectivity index (χ0) is 22.5. The molecule has 0 radical (unpaired) electrons. The Hall–Kier alpha value is -3.54. The van der Waals surface area contributed by atoms with E-state index in [9.17, 15) is 9.59 Å². The Morgan fingerprint density at radius 2 is 1.94 bits per heavy atom. The van der Waals surface area contributed by atoms with Crippen molar-refractivity contribution in [2.75, 3.05) is 13.7 Å². The summed E-state index contributed by atoms with van der Waals surface area (Å²) in [5.74, 6) is -0.180. The molecule has 6 heteroatoms. The van der Waals surface area contributed by atoms with Gasteiger partial charge in [0.05, 0.1) is 12.7 Å². The minimum atomic E-state index is -0.684. The molecule has 1 unspecified atom stereocenters. The monoisotopic (exact) mass is 421 g/mol. The molecule has 31 heavy (non-hydrogen) atoms. The van der Waals surface area contributed by atoms with Crippen LogP contribution in [0.5, 0.6) is 5.75 Å². The van der Waals surface area contributed by atoms with E-state index in [1.54, 1.807) is 19.1 Å². The molecule has 2 aromatic carbocycles. The van der Waals surface area contributed by atoms with Crippen molar-refractivity contribution in [1.29, 1.82) is 0 Å². The molecule has 162 valence electrons. The van der Waals surface area contributed by atoms with Crippen LogP contribution < -0.4 is 4.74 Å². The molecule has 1 atom stereocenters.